The van der Waals surface area contributed by atoms with Crippen molar-refractivity contribution < 1.29 is 9.90 Å². The van der Waals surface area contributed by atoms with Gasteiger partial charge in [-0.05, 0) is 12.2 Å². The molecule has 1 N–H and O–H groups in total. The van der Waals surface area contributed by atoms with Gasteiger partial charge in [0.15, 0.2) is 6.04 Å². The molecular weight excluding hydrogens is 162 g/mol. The smallest absolute Gasteiger partial charge is 0.330 e. The van der Waals surface area contributed by atoms with Crippen LogP contribution in [0.1, 0.15) is 0 Å². The van der Waals surface area contributed by atoms with Gasteiger partial charge in [-0.25, -0.2) is 9.79 Å². The minimum Gasteiger partial charge on any atom is -0.480 e. The predicted molar refractivity (Wildman–Crippen MR) is 37.2 cm³/mol. The minimum atomic E-state index is -1.08. The van der Waals surface area contributed by atoms with E-state index in [4.69, 9.17) is 16.7 Å². The predicted octanol–water partition coefficient (Wildman–Crippen LogP) is 0.781. The lowest BCUT2D eigenvalue weighted by Gasteiger charge is -1.96. The summed E-state index contributed by atoms with van der Waals surface area (Å²) in [5.41, 5.74) is 0. The molecule has 9 heavy (non-hydrogen) atoms. The molecule has 3 nitrogen and oxygen atoms in total. The molecule has 0 aromatic heterocycles. The van der Waals surface area contributed by atoms with Crippen LogP contribution in [0.3, 0.4) is 0 Å². The Bertz CT molecular complexity index is 153. The zero-order chi connectivity index (χ0) is 7.28. The molecule has 1 unspecified atom stereocenters. The van der Waals surface area contributed by atoms with Crippen LogP contribution in [0, 0.1) is 0 Å². The summed E-state index contributed by atoms with van der Waals surface area (Å²) in [4.78, 5) is 13.3. The van der Waals surface area contributed by atoms with E-state index >= 15 is 0 Å². The molecule has 1 atom stereocenters. The molecule has 50 valence electrons. The Hall–Kier alpha value is -0.440. The van der Waals surface area contributed by atoms with E-state index in [9.17, 15) is 4.79 Å². The first-order valence-electron chi connectivity index (χ1n) is 2.08. The fourth-order valence-corrected chi connectivity index (χ4v) is 0.548. The normalized spacial score (nSPS) is 11.7. The third-order valence-electron chi connectivity index (χ3n) is 0.640. The molecule has 5 heteroatoms. The fourth-order valence-electron chi connectivity index (χ4n) is 0.219. The summed E-state index contributed by atoms with van der Waals surface area (Å²) in [6.07, 6.45) is 0. The van der Waals surface area contributed by atoms with Crippen molar-refractivity contribution >= 4 is 34.9 Å². The molecule has 0 aliphatic heterocycles. The van der Waals surface area contributed by atoms with Crippen molar-refractivity contribution in [3.63, 3.8) is 0 Å². The molecule has 0 aliphatic carbocycles. The number of aliphatic imine (C=N–C) groups is 1. The van der Waals surface area contributed by atoms with Gasteiger partial charge >= 0.3 is 5.97 Å². The number of hydrogen-bond acceptors (Lipinski definition) is 3. The van der Waals surface area contributed by atoms with Crippen molar-refractivity contribution in [2.75, 3.05) is 5.88 Å². The summed E-state index contributed by atoms with van der Waals surface area (Å²) >= 11 is 9.36. The summed E-state index contributed by atoms with van der Waals surface area (Å²) in [6, 6.07) is -0.941. The Balaban J connectivity index is 3.98. The van der Waals surface area contributed by atoms with Crippen molar-refractivity contribution in [1.29, 1.82) is 0 Å². The molecular formula is C4H4ClNO2S. The molecule has 0 spiro atoms. The number of hydrogen-bond donors (Lipinski definition) is 1. The first kappa shape index (κ1) is 8.56. The molecule has 0 rings (SSSR count). The van der Waals surface area contributed by atoms with Gasteiger partial charge in [0.25, 0.3) is 0 Å². The number of rotatable bonds is 3. The summed E-state index contributed by atoms with van der Waals surface area (Å²) in [6.45, 7) is 0. The zero-order valence-corrected chi connectivity index (χ0v) is 5.95. The third kappa shape index (κ3) is 3.19. The quantitative estimate of drug-likeness (QED) is 0.382. The second-order valence-corrected chi connectivity index (χ2v) is 1.72. The number of halogens is 1. The summed E-state index contributed by atoms with van der Waals surface area (Å²) in [5, 5.41) is 10.2. The maximum Gasteiger partial charge on any atom is 0.330 e. The highest BCUT2D eigenvalue weighted by Gasteiger charge is 2.12. The van der Waals surface area contributed by atoms with Crippen LogP contribution in [-0.4, -0.2) is 28.2 Å². The van der Waals surface area contributed by atoms with Gasteiger partial charge in [-0.3, -0.25) is 0 Å². The lowest BCUT2D eigenvalue weighted by Crippen LogP contribution is -2.18. The molecule has 0 bridgehead atoms. The highest BCUT2D eigenvalue weighted by Crippen LogP contribution is 1.92. The minimum absolute atomic E-state index is 0.0705. The Morgan fingerprint density at radius 2 is 2.56 bits per heavy atom. The molecule has 0 fully saturated rings. The highest BCUT2D eigenvalue weighted by molar-refractivity contribution is 7.78. The van der Waals surface area contributed by atoms with Crippen LogP contribution >= 0.6 is 23.8 Å². The Labute approximate surface area is 62.3 Å². The summed E-state index contributed by atoms with van der Waals surface area (Å²) in [7, 11) is 0. The van der Waals surface area contributed by atoms with Gasteiger partial charge in [0.2, 0.25) is 0 Å². The van der Waals surface area contributed by atoms with Gasteiger partial charge in [-0.15, -0.1) is 11.6 Å². The van der Waals surface area contributed by atoms with Crippen molar-refractivity contribution in [1.82, 2.24) is 0 Å². The molecule has 0 amide bonds. The number of alkyl halides is 1. The number of carboxylic acid groups (broad SMARTS) is 1. The molecule has 0 aliphatic rings. The van der Waals surface area contributed by atoms with E-state index in [1.165, 1.54) is 0 Å². The fraction of sp³-hybridized carbons (Fsp3) is 0.500. The van der Waals surface area contributed by atoms with Gasteiger partial charge in [-0.1, -0.05) is 0 Å². The molecule has 0 radical (unpaired) electrons. The highest BCUT2D eigenvalue weighted by atomic mass is 35.5. The van der Waals surface area contributed by atoms with Crippen LogP contribution in [-0.2, 0) is 4.79 Å². The van der Waals surface area contributed by atoms with Crippen LogP contribution in [0.25, 0.3) is 0 Å². The van der Waals surface area contributed by atoms with Crippen molar-refractivity contribution in [2.45, 2.75) is 6.04 Å². The number of nitrogens with zero attached hydrogens (tertiary/aromatic N) is 1. The van der Waals surface area contributed by atoms with E-state index in [2.05, 4.69) is 17.2 Å². The second kappa shape index (κ2) is 4.44. The van der Waals surface area contributed by atoms with E-state index in [0.717, 1.165) is 0 Å². The molecule has 0 heterocycles. The number of carbonyl (C=O) groups is 1. The maximum atomic E-state index is 10.1. The monoisotopic (exact) mass is 165 g/mol. The molecule has 0 aromatic rings. The first-order chi connectivity index (χ1) is 4.22. The van der Waals surface area contributed by atoms with Crippen LogP contribution in [0.2, 0.25) is 0 Å². The average molecular weight is 166 g/mol. The second-order valence-electron chi connectivity index (χ2n) is 1.23. The first-order valence-corrected chi connectivity index (χ1v) is 3.02. The van der Waals surface area contributed by atoms with Crippen LogP contribution in [0.4, 0.5) is 0 Å². The van der Waals surface area contributed by atoms with E-state index in [-0.39, 0.29) is 5.88 Å². The summed E-state index contributed by atoms with van der Waals surface area (Å²) < 4.78 is 0. The maximum absolute atomic E-state index is 10.1. The van der Waals surface area contributed by atoms with E-state index in [0.29, 0.717) is 0 Å². The van der Waals surface area contributed by atoms with Gasteiger partial charge < -0.3 is 5.11 Å². The SMILES string of the molecule is O=C(O)C(CCl)N=C=S. The zero-order valence-electron chi connectivity index (χ0n) is 4.37. The average Bonchev–Trinajstić information content (AvgIpc) is 1.82. The number of carboxylic acids is 1. The van der Waals surface area contributed by atoms with Gasteiger partial charge in [0.1, 0.15) is 0 Å². The Morgan fingerprint density at radius 1 is 2.00 bits per heavy atom. The number of thiocarbonyl (C=S) groups is 1. The Kier molecular flexibility index (Phi) is 4.22. The Morgan fingerprint density at radius 3 is 2.67 bits per heavy atom. The van der Waals surface area contributed by atoms with Crippen LogP contribution < -0.4 is 0 Å². The standard InChI is InChI=1S/C4H4ClNO2S/c5-1-3(4(7)8)6-2-9/h3H,1H2,(H,7,8). The van der Waals surface area contributed by atoms with E-state index < -0.39 is 12.0 Å². The lowest BCUT2D eigenvalue weighted by atomic mass is 10.4. The lowest BCUT2D eigenvalue weighted by molar-refractivity contribution is -0.137. The van der Waals surface area contributed by atoms with Crippen molar-refractivity contribution in [3.05, 3.63) is 0 Å². The molecule has 0 saturated heterocycles. The number of aliphatic carboxylic acids is 1. The van der Waals surface area contributed by atoms with Crippen LogP contribution in [0.5, 0.6) is 0 Å². The largest absolute Gasteiger partial charge is 0.480 e. The molecule has 0 aromatic carbocycles. The van der Waals surface area contributed by atoms with E-state index in [1.807, 2.05) is 5.16 Å². The van der Waals surface area contributed by atoms with Gasteiger partial charge in [-0.2, -0.15) is 0 Å². The van der Waals surface area contributed by atoms with Crippen molar-refractivity contribution in [2.24, 2.45) is 4.99 Å². The van der Waals surface area contributed by atoms with Crippen molar-refractivity contribution in [3.8, 4) is 0 Å². The topological polar surface area (TPSA) is 49.7 Å². The summed E-state index contributed by atoms with van der Waals surface area (Å²) in [5.74, 6) is -1.15. The van der Waals surface area contributed by atoms with Gasteiger partial charge in [0, 0.05) is 0 Å². The van der Waals surface area contributed by atoms with Gasteiger partial charge in [0.05, 0.1) is 11.0 Å². The number of isothiocyanates is 1. The van der Waals surface area contributed by atoms with E-state index in [1.54, 1.807) is 0 Å². The molecule has 0 saturated carbocycles. The third-order valence-corrected chi connectivity index (χ3v) is 1.04. The van der Waals surface area contributed by atoms with Crippen LogP contribution in [0.15, 0.2) is 4.99 Å².